The molecule has 5 heteroatoms. The first-order valence-electron chi connectivity index (χ1n) is 7.91. The van der Waals surface area contributed by atoms with Gasteiger partial charge in [0.15, 0.2) is 0 Å². The lowest BCUT2D eigenvalue weighted by Crippen LogP contribution is -2.47. The Kier molecular flexibility index (Phi) is 4.60. The van der Waals surface area contributed by atoms with Crippen molar-refractivity contribution in [3.63, 3.8) is 0 Å². The van der Waals surface area contributed by atoms with E-state index in [0.29, 0.717) is 25.4 Å². The Morgan fingerprint density at radius 3 is 2.95 bits per heavy atom. The van der Waals surface area contributed by atoms with E-state index in [1.54, 1.807) is 6.07 Å². The molecular weight excluding hydrogens is 281 g/mol. The van der Waals surface area contributed by atoms with E-state index in [1.165, 1.54) is 18.9 Å². The molecule has 1 aromatic rings. The SMILES string of the molecule is CN(CC1CC1)CC1CN(c2cccc(F)c2C#N)CCO1. The monoisotopic (exact) mass is 303 g/mol. The van der Waals surface area contributed by atoms with Crippen LogP contribution in [0.1, 0.15) is 18.4 Å². The fourth-order valence-corrected chi connectivity index (χ4v) is 3.10. The zero-order valence-corrected chi connectivity index (χ0v) is 13.0. The van der Waals surface area contributed by atoms with Crippen LogP contribution in [0.15, 0.2) is 18.2 Å². The van der Waals surface area contributed by atoms with Crippen molar-refractivity contribution >= 4 is 5.69 Å². The molecule has 1 heterocycles. The Morgan fingerprint density at radius 1 is 1.41 bits per heavy atom. The van der Waals surface area contributed by atoms with Crippen LogP contribution in [-0.4, -0.2) is 50.8 Å². The summed E-state index contributed by atoms with van der Waals surface area (Å²) in [5.74, 6) is 0.409. The van der Waals surface area contributed by atoms with Crippen LogP contribution in [0.3, 0.4) is 0 Å². The molecule has 0 aromatic heterocycles. The van der Waals surface area contributed by atoms with Gasteiger partial charge in [0.05, 0.1) is 18.4 Å². The zero-order chi connectivity index (χ0) is 15.5. The molecule has 2 fully saturated rings. The van der Waals surface area contributed by atoms with Crippen LogP contribution in [0, 0.1) is 23.1 Å². The quantitative estimate of drug-likeness (QED) is 0.836. The van der Waals surface area contributed by atoms with Gasteiger partial charge < -0.3 is 14.5 Å². The number of benzene rings is 1. The highest BCUT2D eigenvalue weighted by Crippen LogP contribution is 2.29. The molecule has 0 amide bonds. The lowest BCUT2D eigenvalue weighted by atomic mass is 10.1. The minimum Gasteiger partial charge on any atom is -0.373 e. The molecule has 4 nitrogen and oxygen atoms in total. The fourth-order valence-electron chi connectivity index (χ4n) is 3.10. The van der Waals surface area contributed by atoms with Gasteiger partial charge in [0.25, 0.3) is 0 Å². The predicted molar refractivity (Wildman–Crippen MR) is 83.3 cm³/mol. The maximum Gasteiger partial charge on any atom is 0.143 e. The van der Waals surface area contributed by atoms with E-state index in [1.807, 2.05) is 12.1 Å². The largest absolute Gasteiger partial charge is 0.373 e. The summed E-state index contributed by atoms with van der Waals surface area (Å²) in [5, 5.41) is 9.19. The average molecular weight is 303 g/mol. The second-order valence-electron chi connectivity index (χ2n) is 6.35. The average Bonchev–Trinajstić information content (AvgIpc) is 3.31. The number of nitriles is 1. The normalized spacial score (nSPS) is 21.9. The number of ether oxygens (including phenoxy) is 1. The lowest BCUT2D eigenvalue weighted by Gasteiger charge is -2.36. The van der Waals surface area contributed by atoms with Gasteiger partial charge in [-0.1, -0.05) is 6.07 Å². The van der Waals surface area contributed by atoms with Gasteiger partial charge in [-0.3, -0.25) is 0 Å². The van der Waals surface area contributed by atoms with Crippen molar-refractivity contribution in [2.45, 2.75) is 18.9 Å². The van der Waals surface area contributed by atoms with Crippen LogP contribution < -0.4 is 4.90 Å². The van der Waals surface area contributed by atoms with Crippen molar-refractivity contribution in [3.8, 4) is 6.07 Å². The van der Waals surface area contributed by atoms with Crippen LogP contribution in [0.5, 0.6) is 0 Å². The molecule has 0 spiro atoms. The van der Waals surface area contributed by atoms with Gasteiger partial charge >= 0.3 is 0 Å². The summed E-state index contributed by atoms with van der Waals surface area (Å²) >= 11 is 0. The molecule has 1 aliphatic carbocycles. The van der Waals surface area contributed by atoms with E-state index in [9.17, 15) is 9.65 Å². The summed E-state index contributed by atoms with van der Waals surface area (Å²) in [7, 11) is 2.13. The molecule has 1 atom stereocenters. The Labute approximate surface area is 131 Å². The molecule has 1 aromatic carbocycles. The Bertz CT molecular complexity index is 568. The van der Waals surface area contributed by atoms with E-state index in [0.717, 1.165) is 19.0 Å². The molecule has 1 saturated heterocycles. The maximum atomic E-state index is 13.8. The predicted octanol–water partition coefficient (Wildman–Crippen LogP) is 2.24. The van der Waals surface area contributed by atoms with E-state index in [-0.39, 0.29) is 11.7 Å². The first-order valence-corrected chi connectivity index (χ1v) is 7.91. The molecule has 0 radical (unpaired) electrons. The maximum absolute atomic E-state index is 13.8. The molecular formula is C17H22FN3O. The fraction of sp³-hybridized carbons (Fsp3) is 0.588. The number of likely N-dealkylation sites (N-methyl/N-ethyl adjacent to an activating group) is 1. The minimum atomic E-state index is -0.450. The second kappa shape index (κ2) is 6.64. The molecule has 118 valence electrons. The minimum absolute atomic E-state index is 0.104. The van der Waals surface area contributed by atoms with E-state index in [2.05, 4.69) is 16.8 Å². The van der Waals surface area contributed by atoms with Crippen LogP contribution in [0.2, 0.25) is 0 Å². The van der Waals surface area contributed by atoms with Crippen molar-refractivity contribution in [3.05, 3.63) is 29.6 Å². The number of hydrogen-bond acceptors (Lipinski definition) is 4. The highest BCUT2D eigenvalue weighted by molar-refractivity contribution is 5.60. The molecule has 22 heavy (non-hydrogen) atoms. The van der Waals surface area contributed by atoms with Gasteiger partial charge in [-0.15, -0.1) is 0 Å². The summed E-state index contributed by atoms with van der Waals surface area (Å²) in [6.07, 6.45) is 2.79. The van der Waals surface area contributed by atoms with Crippen LogP contribution in [0.25, 0.3) is 0 Å². The van der Waals surface area contributed by atoms with Crippen molar-refractivity contribution < 1.29 is 9.13 Å². The molecule has 1 unspecified atom stereocenters. The standard InChI is InChI=1S/C17H22FN3O/c1-20(10-13-5-6-13)11-14-12-21(7-8-22-14)17-4-2-3-16(18)15(17)9-19/h2-4,13-14H,5-8,10-12H2,1H3. The van der Waals surface area contributed by atoms with Crippen molar-refractivity contribution in [1.29, 1.82) is 5.26 Å². The van der Waals surface area contributed by atoms with Gasteiger partial charge in [-0.2, -0.15) is 5.26 Å². The number of hydrogen-bond donors (Lipinski definition) is 0. The first kappa shape index (κ1) is 15.3. The molecule has 1 aliphatic heterocycles. The number of rotatable bonds is 5. The van der Waals surface area contributed by atoms with E-state index < -0.39 is 5.82 Å². The third-order valence-electron chi connectivity index (χ3n) is 4.36. The van der Waals surface area contributed by atoms with Gasteiger partial charge in [0.2, 0.25) is 0 Å². The molecule has 1 saturated carbocycles. The summed E-state index contributed by atoms with van der Waals surface area (Å²) < 4.78 is 19.6. The third kappa shape index (κ3) is 3.57. The topological polar surface area (TPSA) is 39.5 Å². The second-order valence-corrected chi connectivity index (χ2v) is 6.35. The van der Waals surface area contributed by atoms with Crippen LogP contribution in [0.4, 0.5) is 10.1 Å². The lowest BCUT2D eigenvalue weighted by molar-refractivity contribution is 0.0199. The first-order chi connectivity index (χ1) is 10.7. The number of morpholine rings is 1. The van der Waals surface area contributed by atoms with Crippen LogP contribution >= 0.6 is 0 Å². The van der Waals surface area contributed by atoms with E-state index in [4.69, 9.17) is 4.74 Å². The highest BCUT2D eigenvalue weighted by Gasteiger charge is 2.27. The van der Waals surface area contributed by atoms with Crippen molar-refractivity contribution in [2.24, 2.45) is 5.92 Å². The summed E-state index contributed by atoms with van der Waals surface area (Å²) in [4.78, 5) is 4.39. The molecule has 0 bridgehead atoms. The van der Waals surface area contributed by atoms with Gasteiger partial charge in [0.1, 0.15) is 17.4 Å². The van der Waals surface area contributed by atoms with Crippen molar-refractivity contribution in [2.75, 3.05) is 44.7 Å². The number of nitrogens with zero attached hydrogens (tertiary/aromatic N) is 3. The summed E-state index contributed by atoms with van der Waals surface area (Å²) in [6, 6.07) is 6.80. The van der Waals surface area contributed by atoms with Crippen LogP contribution in [-0.2, 0) is 4.74 Å². The summed E-state index contributed by atoms with van der Waals surface area (Å²) in [6.45, 7) is 4.02. The summed E-state index contributed by atoms with van der Waals surface area (Å²) in [5.41, 5.74) is 0.815. The Hall–Kier alpha value is -1.64. The van der Waals surface area contributed by atoms with Gasteiger partial charge in [-0.25, -0.2) is 4.39 Å². The Morgan fingerprint density at radius 2 is 2.23 bits per heavy atom. The van der Waals surface area contributed by atoms with Gasteiger partial charge in [-0.05, 0) is 37.9 Å². The third-order valence-corrected chi connectivity index (χ3v) is 4.36. The molecule has 2 aliphatic rings. The number of halogens is 1. The number of anilines is 1. The Balaban J connectivity index is 1.65. The van der Waals surface area contributed by atoms with Crippen molar-refractivity contribution in [1.82, 2.24) is 4.90 Å². The zero-order valence-electron chi connectivity index (χ0n) is 13.0. The molecule has 3 rings (SSSR count). The van der Waals surface area contributed by atoms with Gasteiger partial charge in [0, 0.05) is 26.2 Å². The highest BCUT2D eigenvalue weighted by atomic mass is 19.1. The molecule has 0 N–H and O–H groups in total. The van der Waals surface area contributed by atoms with E-state index >= 15 is 0 Å². The smallest absolute Gasteiger partial charge is 0.143 e.